The predicted octanol–water partition coefficient (Wildman–Crippen LogP) is 6.91. The molecular formula is C16H15Br2ClO. The van der Waals surface area contributed by atoms with Gasteiger partial charge in [0.2, 0.25) is 0 Å². The zero-order valence-corrected chi connectivity index (χ0v) is 15.2. The molecule has 0 fully saturated rings. The molecule has 0 bridgehead atoms. The van der Waals surface area contributed by atoms with E-state index in [4.69, 9.17) is 16.3 Å². The third-order valence-electron chi connectivity index (χ3n) is 2.99. The summed E-state index contributed by atoms with van der Waals surface area (Å²) in [5.74, 6) is 2.04. The van der Waals surface area contributed by atoms with Gasteiger partial charge in [-0.2, -0.15) is 0 Å². The maximum Gasteiger partial charge on any atom is 0.132 e. The summed E-state index contributed by atoms with van der Waals surface area (Å²) in [7, 11) is 0. The summed E-state index contributed by atoms with van der Waals surface area (Å²) in [5.41, 5.74) is 2.24. The van der Waals surface area contributed by atoms with Crippen LogP contribution >= 0.6 is 43.5 Å². The van der Waals surface area contributed by atoms with E-state index in [9.17, 15) is 0 Å². The predicted molar refractivity (Wildman–Crippen MR) is 92.4 cm³/mol. The van der Waals surface area contributed by atoms with Crippen LogP contribution in [-0.4, -0.2) is 0 Å². The summed E-state index contributed by atoms with van der Waals surface area (Å²) in [6.45, 7) is 4.30. The van der Waals surface area contributed by atoms with Gasteiger partial charge in [-0.15, -0.1) is 0 Å². The lowest BCUT2D eigenvalue weighted by Gasteiger charge is -2.16. The molecule has 0 radical (unpaired) electrons. The van der Waals surface area contributed by atoms with E-state index in [2.05, 4.69) is 51.8 Å². The number of rotatable bonds is 4. The smallest absolute Gasteiger partial charge is 0.132 e. The van der Waals surface area contributed by atoms with Gasteiger partial charge in [0.1, 0.15) is 11.5 Å². The summed E-state index contributed by atoms with van der Waals surface area (Å²) in [6.07, 6.45) is 0. The zero-order valence-electron chi connectivity index (χ0n) is 11.3. The molecule has 0 saturated carbocycles. The second-order valence-electron chi connectivity index (χ2n) is 4.82. The van der Waals surface area contributed by atoms with Gasteiger partial charge in [-0.3, -0.25) is 0 Å². The number of alkyl halides is 1. The normalized spacial score (nSPS) is 10.9. The summed E-state index contributed by atoms with van der Waals surface area (Å²) in [5, 5.41) is 1.40. The Balaban J connectivity index is 2.42. The van der Waals surface area contributed by atoms with E-state index in [0.29, 0.717) is 10.9 Å². The standard InChI is InChI=1S/C16H15Br2ClO/c1-10(2)14-7-12(18)4-6-15(14)20-16-8-13(19)5-3-11(16)9-17/h3-8,10H,9H2,1-2H3. The molecule has 0 amide bonds. The van der Waals surface area contributed by atoms with Crippen molar-refractivity contribution in [3.05, 3.63) is 57.0 Å². The monoisotopic (exact) mass is 416 g/mol. The first-order chi connectivity index (χ1) is 9.51. The second kappa shape index (κ2) is 6.97. The first-order valence-corrected chi connectivity index (χ1v) is 8.62. The van der Waals surface area contributed by atoms with Crippen LogP contribution in [0.3, 0.4) is 0 Å². The van der Waals surface area contributed by atoms with Gasteiger partial charge < -0.3 is 4.74 Å². The Hall–Kier alpha value is -0.510. The van der Waals surface area contributed by atoms with Crippen LogP contribution < -0.4 is 4.74 Å². The minimum Gasteiger partial charge on any atom is -0.457 e. The molecule has 0 atom stereocenters. The van der Waals surface area contributed by atoms with Crippen molar-refractivity contribution in [1.82, 2.24) is 0 Å². The van der Waals surface area contributed by atoms with Gasteiger partial charge in [-0.1, -0.05) is 63.4 Å². The van der Waals surface area contributed by atoms with Gasteiger partial charge in [0.15, 0.2) is 0 Å². The molecule has 0 saturated heterocycles. The number of benzene rings is 2. The molecule has 0 aliphatic rings. The average molecular weight is 419 g/mol. The Labute approximate surface area is 141 Å². The Morgan fingerprint density at radius 2 is 1.85 bits per heavy atom. The Morgan fingerprint density at radius 1 is 1.10 bits per heavy atom. The minimum absolute atomic E-state index is 0.383. The summed E-state index contributed by atoms with van der Waals surface area (Å²) < 4.78 is 7.15. The van der Waals surface area contributed by atoms with Crippen molar-refractivity contribution in [2.45, 2.75) is 25.1 Å². The molecule has 106 valence electrons. The van der Waals surface area contributed by atoms with Gasteiger partial charge in [0.05, 0.1) is 0 Å². The van der Waals surface area contributed by atoms with Crippen LogP contribution in [0.2, 0.25) is 5.02 Å². The van der Waals surface area contributed by atoms with Crippen LogP contribution in [0.25, 0.3) is 0 Å². The highest BCUT2D eigenvalue weighted by molar-refractivity contribution is 9.10. The quantitative estimate of drug-likeness (QED) is 0.490. The van der Waals surface area contributed by atoms with Gasteiger partial charge >= 0.3 is 0 Å². The van der Waals surface area contributed by atoms with E-state index in [1.165, 1.54) is 5.56 Å². The Bertz CT molecular complexity index is 611. The highest BCUT2D eigenvalue weighted by atomic mass is 79.9. The van der Waals surface area contributed by atoms with Crippen LogP contribution in [0.5, 0.6) is 11.5 Å². The lowest BCUT2D eigenvalue weighted by atomic mass is 10.0. The molecule has 0 spiro atoms. The molecule has 0 N–H and O–H groups in total. The van der Waals surface area contributed by atoms with Crippen LogP contribution in [0, 0.1) is 0 Å². The summed E-state index contributed by atoms with van der Waals surface area (Å²) in [6, 6.07) is 11.8. The molecule has 2 aromatic rings. The largest absolute Gasteiger partial charge is 0.457 e. The van der Waals surface area contributed by atoms with Gasteiger partial charge in [0, 0.05) is 20.4 Å². The molecule has 2 aromatic carbocycles. The van der Waals surface area contributed by atoms with Crippen molar-refractivity contribution < 1.29 is 4.74 Å². The fourth-order valence-electron chi connectivity index (χ4n) is 1.92. The van der Waals surface area contributed by atoms with Crippen LogP contribution in [0.15, 0.2) is 40.9 Å². The van der Waals surface area contributed by atoms with Crippen LogP contribution in [0.4, 0.5) is 0 Å². The zero-order chi connectivity index (χ0) is 14.7. The van der Waals surface area contributed by atoms with Crippen molar-refractivity contribution in [1.29, 1.82) is 0 Å². The summed E-state index contributed by atoms with van der Waals surface area (Å²) in [4.78, 5) is 0. The van der Waals surface area contributed by atoms with E-state index in [1.54, 1.807) is 0 Å². The molecule has 20 heavy (non-hydrogen) atoms. The molecule has 0 aliphatic heterocycles. The van der Waals surface area contributed by atoms with Gasteiger partial charge in [0.25, 0.3) is 0 Å². The topological polar surface area (TPSA) is 9.23 Å². The van der Waals surface area contributed by atoms with E-state index in [0.717, 1.165) is 26.9 Å². The molecule has 0 unspecified atom stereocenters. The summed E-state index contributed by atoms with van der Waals surface area (Å²) >= 11 is 13.0. The third kappa shape index (κ3) is 3.78. The first-order valence-electron chi connectivity index (χ1n) is 6.33. The van der Waals surface area contributed by atoms with Crippen LogP contribution in [0.1, 0.15) is 30.9 Å². The average Bonchev–Trinajstić information content (AvgIpc) is 2.41. The maximum absolute atomic E-state index is 6.09. The highest BCUT2D eigenvalue weighted by Crippen LogP contribution is 2.35. The van der Waals surface area contributed by atoms with Crippen molar-refractivity contribution in [3.63, 3.8) is 0 Å². The second-order valence-corrected chi connectivity index (χ2v) is 6.74. The lowest BCUT2D eigenvalue weighted by molar-refractivity contribution is 0.469. The first kappa shape index (κ1) is 15.9. The SMILES string of the molecule is CC(C)c1cc(Br)ccc1Oc1cc(Cl)ccc1CBr. The van der Waals surface area contributed by atoms with Gasteiger partial charge in [-0.05, 0) is 41.8 Å². The molecule has 0 aliphatic carbocycles. The molecule has 0 aromatic heterocycles. The van der Waals surface area contributed by atoms with E-state index >= 15 is 0 Å². The Morgan fingerprint density at radius 3 is 2.50 bits per heavy atom. The fraction of sp³-hybridized carbons (Fsp3) is 0.250. The Kier molecular flexibility index (Phi) is 5.53. The number of hydrogen-bond acceptors (Lipinski definition) is 1. The van der Waals surface area contributed by atoms with E-state index in [1.807, 2.05) is 30.3 Å². The van der Waals surface area contributed by atoms with Crippen molar-refractivity contribution in [2.24, 2.45) is 0 Å². The number of hydrogen-bond donors (Lipinski definition) is 0. The van der Waals surface area contributed by atoms with E-state index in [-0.39, 0.29) is 0 Å². The highest BCUT2D eigenvalue weighted by Gasteiger charge is 2.12. The molecule has 0 heterocycles. The van der Waals surface area contributed by atoms with Crippen molar-refractivity contribution >= 4 is 43.5 Å². The van der Waals surface area contributed by atoms with Crippen molar-refractivity contribution in [3.8, 4) is 11.5 Å². The fourth-order valence-corrected chi connectivity index (χ4v) is 2.92. The number of ether oxygens (including phenoxy) is 1. The van der Waals surface area contributed by atoms with Crippen LogP contribution in [-0.2, 0) is 5.33 Å². The molecular weight excluding hydrogens is 403 g/mol. The molecule has 4 heteroatoms. The lowest BCUT2D eigenvalue weighted by Crippen LogP contribution is -1.96. The van der Waals surface area contributed by atoms with Crippen molar-refractivity contribution in [2.75, 3.05) is 0 Å². The molecule has 1 nitrogen and oxygen atoms in total. The maximum atomic E-state index is 6.09. The third-order valence-corrected chi connectivity index (χ3v) is 4.32. The molecule has 2 rings (SSSR count). The van der Waals surface area contributed by atoms with E-state index < -0.39 is 0 Å². The number of halogens is 3. The minimum atomic E-state index is 0.383. The van der Waals surface area contributed by atoms with Gasteiger partial charge in [-0.25, -0.2) is 0 Å².